The van der Waals surface area contributed by atoms with Crippen LogP contribution in [0.2, 0.25) is 0 Å². The quantitative estimate of drug-likeness (QED) is 0.572. The van der Waals surface area contributed by atoms with Gasteiger partial charge in [-0.2, -0.15) is 0 Å². The van der Waals surface area contributed by atoms with Crippen molar-refractivity contribution >= 4 is 28.0 Å². The van der Waals surface area contributed by atoms with Crippen LogP contribution in [0.4, 0.5) is 0 Å². The van der Waals surface area contributed by atoms with E-state index in [2.05, 4.69) is 15.9 Å². The first-order valence-electron chi connectivity index (χ1n) is 4.02. The van der Waals surface area contributed by atoms with Crippen LogP contribution in [-0.4, -0.2) is 5.97 Å². The number of esters is 1. The van der Waals surface area contributed by atoms with Gasteiger partial charge in [-0.3, -0.25) is 0 Å². The van der Waals surface area contributed by atoms with Gasteiger partial charge in [0.05, 0.1) is 5.57 Å². The maximum atomic E-state index is 11.2. The van der Waals surface area contributed by atoms with E-state index in [9.17, 15) is 4.79 Å². The van der Waals surface area contributed by atoms with Crippen LogP contribution < -0.4 is 0 Å². The highest BCUT2D eigenvalue weighted by molar-refractivity contribution is 9.10. The first kappa shape index (κ1) is 9.27. The topological polar surface area (TPSA) is 39.4 Å². The summed E-state index contributed by atoms with van der Waals surface area (Å²) in [7, 11) is 0. The fourth-order valence-electron chi connectivity index (χ4n) is 1.17. The van der Waals surface area contributed by atoms with Gasteiger partial charge in [-0.15, -0.1) is 0 Å². The molecule has 0 saturated heterocycles. The fourth-order valence-corrected chi connectivity index (χ4v) is 1.49. The first-order chi connectivity index (χ1) is 6.65. The van der Waals surface area contributed by atoms with Crippen molar-refractivity contribution in [2.24, 2.45) is 0 Å². The summed E-state index contributed by atoms with van der Waals surface area (Å²) in [6.07, 6.45) is 3.32. The van der Waals surface area contributed by atoms with Crippen molar-refractivity contribution in [3.8, 4) is 0 Å². The molecule has 0 fully saturated rings. The summed E-state index contributed by atoms with van der Waals surface area (Å²) in [6.45, 7) is 1.73. The third-order valence-corrected chi connectivity index (χ3v) is 2.17. The van der Waals surface area contributed by atoms with Gasteiger partial charge in [0, 0.05) is 0 Å². The molecule has 0 bridgehead atoms. The Kier molecular flexibility index (Phi) is 2.29. The van der Waals surface area contributed by atoms with E-state index in [0.717, 1.165) is 0 Å². The van der Waals surface area contributed by atoms with Gasteiger partial charge in [-0.1, -0.05) is 0 Å². The number of cyclic esters (lactones) is 1. The lowest BCUT2D eigenvalue weighted by Crippen LogP contribution is -1.95. The first-order valence-corrected chi connectivity index (χ1v) is 4.82. The molecule has 3 nitrogen and oxygen atoms in total. The largest absolute Gasteiger partial charge is 0.450 e. The van der Waals surface area contributed by atoms with E-state index in [-0.39, 0.29) is 5.97 Å². The molecule has 0 amide bonds. The lowest BCUT2D eigenvalue weighted by atomic mass is 10.2. The summed E-state index contributed by atoms with van der Waals surface area (Å²) in [5.74, 6) is 0.886. The Morgan fingerprint density at radius 3 is 2.71 bits per heavy atom. The number of hydrogen-bond donors (Lipinski definition) is 0. The van der Waals surface area contributed by atoms with Crippen LogP contribution >= 0.6 is 15.9 Å². The zero-order valence-electron chi connectivity index (χ0n) is 7.41. The summed E-state index contributed by atoms with van der Waals surface area (Å²) in [5.41, 5.74) is 0.504. The van der Waals surface area contributed by atoms with Crippen LogP contribution in [0.3, 0.4) is 0 Å². The molecule has 0 spiro atoms. The van der Waals surface area contributed by atoms with Crippen molar-refractivity contribution < 1.29 is 13.9 Å². The van der Waals surface area contributed by atoms with Gasteiger partial charge in [-0.05, 0) is 47.1 Å². The predicted molar refractivity (Wildman–Crippen MR) is 54.2 cm³/mol. The summed E-state index contributed by atoms with van der Waals surface area (Å²) in [4.78, 5) is 11.2. The third kappa shape index (κ3) is 1.80. The molecule has 0 atom stereocenters. The second kappa shape index (κ2) is 3.46. The number of rotatable bonds is 1. The molecule has 1 aliphatic rings. The van der Waals surface area contributed by atoms with Crippen molar-refractivity contribution in [1.82, 2.24) is 0 Å². The maximum Gasteiger partial charge on any atom is 0.343 e. The molecule has 2 heterocycles. The van der Waals surface area contributed by atoms with E-state index in [1.54, 1.807) is 31.2 Å². The number of allylic oxidation sites excluding steroid dienone is 1. The normalized spacial score (nSPS) is 18.6. The lowest BCUT2D eigenvalue weighted by Gasteiger charge is -1.91. The van der Waals surface area contributed by atoms with Gasteiger partial charge in [0.25, 0.3) is 0 Å². The van der Waals surface area contributed by atoms with Gasteiger partial charge in [0.2, 0.25) is 0 Å². The van der Waals surface area contributed by atoms with Crippen LogP contribution in [0, 0.1) is 0 Å². The molecule has 14 heavy (non-hydrogen) atoms. The molecule has 1 aromatic heterocycles. The van der Waals surface area contributed by atoms with E-state index >= 15 is 0 Å². The molecule has 4 heteroatoms. The van der Waals surface area contributed by atoms with Crippen molar-refractivity contribution in [3.63, 3.8) is 0 Å². The molecule has 1 aromatic rings. The average Bonchev–Trinajstić information content (AvgIpc) is 2.61. The van der Waals surface area contributed by atoms with E-state index in [4.69, 9.17) is 9.15 Å². The summed E-state index contributed by atoms with van der Waals surface area (Å²) >= 11 is 3.18. The SMILES string of the molecule is CC1=CC(=Cc2ccc(Br)o2)C(=O)O1. The minimum Gasteiger partial charge on any atom is -0.450 e. The van der Waals surface area contributed by atoms with Gasteiger partial charge >= 0.3 is 5.97 Å². The summed E-state index contributed by atoms with van der Waals surface area (Å²) in [6, 6.07) is 3.54. The number of ether oxygens (including phenoxy) is 1. The monoisotopic (exact) mass is 254 g/mol. The average molecular weight is 255 g/mol. The molecule has 0 saturated carbocycles. The molecule has 2 rings (SSSR count). The number of halogens is 1. The summed E-state index contributed by atoms with van der Waals surface area (Å²) < 4.78 is 10.7. The van der Waals surface area contributed by atoms with E-state index in [1.807, 2.05) is 0 Å². The van der Waals surface area contributed by atoms with Crippen LogP contribution in [-0.2, 0) is 9.53 Å². The highest BCUT2D eigenvalue weighted by atomic mass is 79.9. The van der Waals surface area contributed by atoms with Gasteiger partial charge < -0.3 is 9.15 Å². The molecular formula is C10H7BrO3. The van der Waals surface area contributed by atoms with Gasteiger partial charge in [-0.25, -0.2) is 4.79 Å². The Morgan fingerprint density at radius 2 is 2.21 bits per heavy atom. The van der Waals surface area contributed by atoms with Crippen molar-refractivity contribution in [2.45, 2.75) is 6.92 Å². The Morgan fingerprint density at radius 1 is 1.43 bits per heavy atom. The Hall–Kier alpha value is -1.29. The predicted octanol–water partition coefficient (Wildman–Crippen LogP) is 2.89. The number of carbonyl (C=O) groups is 1. The van der Waals surface area contributed by atoms with Gasteiger partial charge in [0.1, 0.15) is 11.5 Å². The van der Waals surface area contributed by atoms with E-state index < -0.39 is 0 Å². The molecule has 0 radical (unpaired) electrons. The van der Waals surface area contributed by atoms with E-state index in [1.165, 1.54) is 0 Å². The third-order valence-electron chi connectivity index (χ3n) is 1.74. The fraction of sp³-hybridized carbons (Fsp3) is 0.100. The molecule has 72 valence electrons. The standard InChI is InChI=1S/C10H7BrO3/c1-6-4-7(10(12)13-6)5-8-2-3-9(11)14-8/h2-5H,1H3. The smallest absolute Gasteiger partial charge is 0.343 e. The van der Waals surface area contributed by atoms with E-state index in [0.29, 0.717) is 21.8 Å². The summed E-state index contributed by atoms with van der Waals surface area (Å²) in [5, 5.41) is 0. The highest BCUT2D eigenvalue weighted by Gasteiger charge is 2.17. The van der Waals surface area contributed by atoms with Crippen LogP contribution in [0.25, 0.3) is 6.08 Å². The number of carbonyl (C=O) groups excluding carboxylic acids is 1. The Bertz CT molecular complexity index is 440. The molecule has 0 unspecified atom stereocenters. The minimum atomic E-state index is -0.338. The molecule has 0 aromatic carbocycles. The van der Waals surface area contributed by atoms with Crippen molar-refractivity contribution in [1.29, 1.82) is 0 Å². The zero-order chi connectivity index (χ0) is 10.1. The second-order valence-corrected chi connectivity index (χ2v) is 3.67. The highest BCUT2D eigenvalue weighted by Crippen LogP contribution is 2.21. The van der Waals surface area contributed by atoms with Crippen LogP contribution in [0.15, 0.2) is 38.6 Å². The van der Waals surface area contributed by atoms with Crippen LogP contribution in [0.1, 0.15) is 12.7 Å². The molecular weight excluding hydrogens is 248 g/mol. The molecule has 0 aliphatic carbocycles. The van der Waals surface area contributed by atoms with Crippen molar-refractivity contribution in [3.05, 3.63) is 40.0 Å². The molecule has 1 aliphatic heterocycles. The van der Waals surface area contributed by atoms with Crippen LogP contribution in [0.5, 0.6) is 0 Å². The minimum absolute atomic E-state index is 0.338. The maximum absolute atomic E-state index is 11.2. The number of furan rings is 1. The lowest BCUT2D eigenvalue weighted by molar-refractivity contribution is -0.133. The Balaban J connectivity index is 2.31. The van der Waals surface area contributed by atoms with Gasteiger partial charge in [0.15, 0.2) is 4.67 Å². The zero-order valence-corrected chi connectivity index (χ0v) is 9.00. The number of hydrogen-bond acceptors (Lipinski definition) is 3. The second-order valence-electron chi connectivity index (χ2n) is 2.89. The Labute approximate surface area is 89.2 Å². The molecule has 0 N–H and O–H groups in total. The van der Waals surface area contributed by atoms with Crippen molar-refractivity contribution in [2.75, 3.05) is 0 Å².